The first-order chi connectivity index (χ1) is 11.5. The molecule has 1 heterocycles. The van der Waals surface area contributed by atoms with E-state index in [0.29, 0.717) is 26.9 Å². The van der Waals surface area contributed by atoms with E-state index in [9.17, 15) is 5.26 Å². The highest BCUT2D eigenvalue weighted by Gasteiger charge is 2.14. The predicted octanol–water partition coefficient (Wildman–Crippen LogP) is 5.48. The van der Waals surface area contributed by atoms with E-state index < -0.39 is 0 Å². The number of nitrogen functional groups attached to an aromatic ring is 1. The summed E-state index contributed by atoms with van der Waals surface area (Å²) in [5.74, 6) is 0.191. The fourth-order valence-corrected chi connectivity index (χ4v) is 2.74. The molecule has 1 aromatic heterocycles. The van der Waals surface area contributed by atoms with Crippen LogP contribution in [0.25, 0.3) is 22.4 Å². The number of aromatic nitrogens is 1. The number of nitriles is 1. The molecule has 0 saturated heterocycles. The predicted molar refractivity (Wildman–Crippen MR) is 99.0 cm³/mol. The summed E-state index contributed by atoms with van der Waals surface area (Å²) in [4.78, 5) is 4.37. The minimum absolute atomic E-state index is 0.191. The average molecular weight is 354 g/mol. The molecule has 0 radical (unpaired) electrons. The number of nitrogens with zero attached hydrogens (tertiary/aromatic N) is 2. The van der Waals surface area contributed by atoms with Crippen LogP contribution < -0.4 is 5.73 Å². The molecule has 3 nitrogen and oxygen atoms in total. The Balaban J connectivity index is 2.22. The van der Waals surface area contributed by atoms with Gasteiger partial charge in [-0.15, -0.1) is 0 Å². The molecule has 0 bridgehead atoms. The van der Waals surface area contributed by atoms with Gasteiger partial charge >= 0.3 is 0 Å². The molecule has 2 aromatic carbocycles. The molecule has 5 heteroatoms. The Morgan fingerprint density at radius 1 is 0.958 bits per heavy atom. The van der Waals surface area contributed by atoms with Crippen LogP contribution in [0, 0.1) is 18.3 Å². The molecule has 0 amide bonds. The van der Waals surface area contributed by atoms with Crippen LogP contribution in [-0.4, -0.2) is 4.98 Å². The van der Waals surface area contributed by atoms with Gasteiger partial charge in [-0.25, -0.2) is 4.98 Å². The Bertz CT molecular complexity index is 958. The molecule has 0 saturated carbocycles. The third kappa shape index (κ3) is 3.07. The van der Waals surface area contributed by atoms with Crippen LogP contribution >= 0.6 is 23.2 Å². The van der Waals surface area contributed by atoms with Crippen LogP contribution in [0.2, 0.25) is 10.0 Å². The van der Waals surface area contributed by atoms with Gasteiger partial charge in [0.25, 0.3) is 0 Å². The Morgan fingerprint density at radius 3 is 2.25 bits per heavy atom. The van der Waals surface area contributed by atoms with Crippen molar-refractivity contribution < 1.29 is 0 Å². The first-order valence-electron chi connectivity index (χ1n) is 7.22. The van der Waals surface area contributed by atoms with E-state index in [4.69, 9.17) is 28.9 Å². The number of nitrogens with two attached hydrogens (primary N) is 1. The second-order valence-electron chi connectivity index (χ2n) is 5.42. The minimum atomic E-state index is 0.191. The minimum Gasteiger partial charge on any atom is -0.383 e. The van der Waals surface area contributed by atoms with Gasteiger partial charge in [0.15, 0.2) is 0 Å². The Kier molecular flexibility index (Phi) is 4.44. The van der Waals surface area contributed by atoms with Crippen LogP contribution in [0.1, 0.15) is 11.1 Å². The Hall–Kier alpha value is -2.54. The van der Waals surface area contributed by atoms with Crippen molar-refractivity contribution in [2.45, 2.75) is 6.92 Å². The number of hydrogen-bond acceptors (Lipinski definition) is 3. The SMILES string of the molecule is Cc1ccc(-c2cc(-c3ccc(Cl)c(Cl)c3)c(C#N)c(N)n2)cc1. The summed E-state index contributed by atoms with van der Waals surface area (Å²) >= 11 is 12.1. The van der Waals surface area contributed by atoms with E-state index in [1.165, 1.54) is 0 Å². The molecule has 3 aromatic rings. The molecule has 0 atom stereocenters. The van der Waals surface area contributed by atoms with Gasteiger partial charge in [0.2, 0.25) is 0 Å². The van der Waals surface area contributed by atoms with Crippen molar-refractivity contribution in [1.82, 2.24) is 4.98 Å². The maximum absolute atomic E-state index is 9.45. The van der Waals surface area contributed by atoms with Gasteiger partial charge in [-0.3, -0.25) is 0 Å². The van der Waals surface area contributed by atoms with Gasteiger partial charge in [-0.2, -0.15) is 5.26 Å². The lowest BCUT2D eigenvalue weighted by Crippen LogP contribution is -1.99. The van der Waals surface area contributed by atoms with Crippen molar-refractivity contribution in [3.63, 3.8) is 0 Å². The third-order valence-electron chi connectivity index (χ3n) is 3.74. The summed E-state index contributed by atoms with van der Waals surface area (Å²) in [7, 11) is 0. The Morgan fingerprint density at radius 2 is 1.62 bits per heavy atom. The maximum atomic E-state index is 9.45. The van der Waals surface area contributed by atoms with Crippen LogP contribution in [0.5, 0.6) is 0 Å². The van der Waals surface area contributed by atoms with E-state index in [1.54, 1.807) is 12.1 Å². The second-order valence-corrected chi connectivity index (χ2v) is 6.24. The standard InChI is InChI=1S/C19H13Cl2N3/c1-11-2-4-12(5-3-11)18-9-14(15(10-22)19(23)24-18)13-6-7-16(20)17(21)8-13/h2-9H,1H3,(H2,23,24). The molecule has 24 heavy (non-hydrogen) atoms. The van der Waals surface area contributed by atoms with Gasteiger partial charge in [-0.05, 0) is 30.7 Å². The maximum Gasteiger partial charge on any atom is 0.142 e. The molecular formula is C19H13Cl2N3. The monoisotopic (exact) mass is 353 g/mol. The number of anilines is 1. The van der Waals surface area contributed by atoms with E-state index in [-0.39, 0.29) is 5.82 Å². The molecule has 0 unspecified atom stereocenters. The topological polar surface area (TPSA) is 62.7 Å². The second kappa shape index (κ2) is 6.52. The van der Waals surface area contributed by atoms with E-state index >= 15 is 0 Å². The number of halogens is 2. The molecule has 2 N–H and O–H groups in total. The molecule has 0 aliphatic heterocycles. The summed E-state index contributed by atoms with van der Waals surface area (Å²) in [5.41, 5.74) is 10.6. The lowest BCUT2D eigenvalue weighted by atomic mass is 9.98. The summed E-state index contributed by atoms with van der Waals surface area (Å²) < 4.78 is 0. The van der Waals surface area contributed by atoms with E-state index in [1.807, 2.05) is 43.3 Å². The van der Waals surface area contributed by atoms with Gasteiger partial charge in [0.1, 0.15) is 17.5 Å². The molecular weight excluding hydrogens is 341 g/mol. The number of aryl methyl sites for hydroxylation is 1. The van der Waals surface area contributed by atoms with Crippen LogP contribution in [0.3, 0.4) is 0 Å². The number of benzene rings is 2. The van der Waals surface area contributed by atoms with Gasteiger partial charge < -0.3 is 5.73 Å². The molecule has 0 aliphatic carbocycles. The lowest BCUT2D eigenvalue weighted by Gasteiger charge is -2.11. The van der Waals surface area contributed by atoms with Crippen LogP contribution in [0.15, 0.2) is 48.5 Å². The van der Waals surface area contributed by atoms with Gasteiger partial charge in [0.05, 0.1) is 15.7 Å². The molecule has 0 spiro atoms. The molecule has 3 rings (SSSR count). The summed E-state index contributed by atoms with van der Waals surface area (Å²) in [5, 5.41) is 10.3. The lowest BCUT2D eigenvalue weighted by molar-refractivity contribution is 1.30. The zero-order chi connectivity index (χ0) is 17.3. The smallest absolute Gasteiger partial charge is 0.142 e. The van der Waals surface area contributed by atoms with E-state index in [2.05, 4.69) is 11.1 Å². The first-order valence-corrected chi connectivity index (χ1v) is 7.98. The highest BCUT2D eigenvalue weighted by atomic mass is 35.5. The highest BCUT2D eigenvalue weighted by Crippen LogP contribution is 2.34. The largest absolute Gasteiger partial charge is 0.383 e. The van der Waals surface area contributed by atoms with Crippen molar-refractivity contribution in [2.75, 3.05) is 5.73 Å². The van der Waals surface area contributed by atoms with Crippen molar-refractivity contribution in [3.8, 4) is 28.5 Å². The fourth-order valence-electron chi connectivity index (χ4n) is 2.45. The number of rotatable bonds is 2. The zero-order valence-corrected chi connectivity index (χ0v) is 14.4. The fraction of sp³-hybridized carbons (Fsp3) is 0.0526. The molecule has 118 valence electrons. The van der Waals surface area contributed by atoms with Crippen molar-refractivity contribution in [1.29, 1.82) is 5.26 Å². The van der Waals surface area contributed by atoms with Gasteiger partial charge in [-0.1, -0.05) is 59.1 Å². The average Bonchev–Trinajstić information content (AvgIpc) is 2.57. The van der Waals surface area contributed by atoms with Crippen molar-refractivity contribution in [2.24, 2.45) is 0 Å². The summed E-state index contributed by atoms with van der Waals surface area (Å²) in [6.45, 7) is 2.02. The third-order valence-corrected chi connectivity index (χ3v) is 4.48. The normalized spacial score (nSPS) is 10.4. The number of pyridine rings is 1. The molecule has 0 aliphatic rings. The van der Waals surface area contributed by atoms with Crippen LogP contribution in [-0.2, 0) is 0 Å². The Labute approximate surface area is 150 Å². The summed E-state index contributed by atoms with van der Waals surface area (Å²) in [6.07, 6.45) is 0. The van der Waals surface area contributed by atoms with Crippen molar-refractivity contribution >= 4 is 29.0 Å². The van der Waals surface area contributed by atoms with Crippen LogP contribution in [0.4, 0.5) is 5.82 Å². The first kappa shape index (κ1) is 16.3. The van der Waals surface area contributed by atoms with Crippen molar-refractivity contribution in [3.05, 3.63) is 69.7 Å². The van der Waals surface area contributed by atoms with E-state index in [0.717, 1.165) is 16.7 Å². The summed E-state index contributed by atoms with van der Waals surface area (Å²) in [6, 6.07) is 17.1. The molecule has 0 fully saturated rings. The van der Waals surface area contributed by atoms with Gasteiger partial charge in [0, 0.05) is 11.1 Å². The number of hydrogen-bond donors (Lipinski definition) is 1. The quantitative estimate of drug-likeness (QED) is 0.662. The highest BCUT2D eigenvalue weighted by molar-refractivity contribution is 6.42. The zero-order valence-electron chi connectivity index (χ0n) is 12.8.